The molecule has 4 heteroatoms. The summed E-state index contributed by atoms with van der Waals surface area (Å²) in [6.07, 6.45) is 2.06. The van der Waals surface area contributed by atoms with Gasteiger partial charge in [0.1, 0.15) is 5.82 Å². The maximum Gasteiger partial charge on any atom is 0.185 e. The van der Waals surface area contributed by atoms with Gasteiger partial charge in [-0.15, -0.1) is 0 Å². The van der Waals surface area contributed by atoms with Gasteiger partial charge in [0, 0.05) is 15.6 Å². The second-order valence-electron chi connectivity index (χ2n) is 2.94. The van der Waals surface area contributed by atoms with Crippen LogP contribution >= 0.6 is 15.9 Å². The molecule has 0 spiro atoms. The molecule has 0 saturated heterocycles. The van der Waals surface area contributed by atoms with E-state index in [1.807, 2.05) is 0 Å². The monoisotopic (exact) mass is 268 g/mol. The number of furan rings is 1. The topological polar surface area (TPSA) is 30.2 Å². The van der Waals surface area contributed by atoms with Gasteiger partial charge < -0.3 is 4.42 Å². The van der Waals surface area contributed by atoms with Gasteiger partial charge in [-0.05, 0) is 18.2 Å². The molecule has 0 atom stereocenters. The number of halogens is 2. The smallest absolute Gasteiger partial charge is 0.185 e. The summed E-state index contributed by atoms with van der Waals surface area (Å²) in [6, 6.07) is 5.94. The van der Waals surface area contributed by atoms with E-state index in [4.69, 9.17) is 4.42 Å². The van der Waals surface area contributed by atoms with E-state index in [0.29, 0.717) is 16.3 Å². The van der Waals surface area contributed by atoms with Gasteiger partial charge in [-0.2, -0.15) is 0 Å². The lowest BCUT2D eigenvalue weighted by Gasteiger charge is -2.02. The van der Waals surface area contributed by atoms with Crippen molar-refractivity contribution in [3.8, 4) is 11.1 Å². The van der Waals surface area contributed by atoms with Crippen molar-refractivity contribution in [2.24, 2.45) is 0 Å². The third-order valence-corrected chi connectivity index (χ3v) is 2.68. The number of carbonyl (C=O) groups is 1. The van der Waals surface area contributed by atoms with Crippen LogP contribution in [-0.2, 0) is 0 Å². The SMILES string of the molecule is O=Cc1occc1-c1ccc(F)cc1Br. The van der Waals surface area contributed by atoms with Crippen LogP contribution in [0.25, 0.3) is 11.1 Å². The van der Waals surface area contributed by atoms with E-state index in [9.17, 15) is 9.18 Å². The fourth-order valence-electron chi connectivity index (χ4n) is 1.34. The minimum absolute atomic E-state index is 0.238. The van der Waals surface area contributed by atoms with E-state index in [2.05, 4.69) is 15.9 Å². The minimum Gasteiger partial charge on any atom is -0.461 e. The molecule has 0 radical (unpaired) electrons. The molecule has 0 unspecified atom stereocenters. The first-order valence-corrected chi connectivity index (χ1v) is 5.00. The molecule has 76 valence electrons. The number of benzene rings is 1. The summed E-state index contributed by atoms with van der Waals surface area (Å²) in [4.78, 5) is 10.7. The van der Waals surface area contributed by atoms with Crippen LogP contribution in [0.4, 0.5) is 4.39 Å². The normalized spacial score (nSPS) is 10.3. The molecule has 1 aromatic heterocycles. The van der Waals surface area contributed by atoms with Crippen LogP contribution in [0.2, 0.25) is 0 Å². The van der Waals surface area contributed by atoms with Crippen molar-refractivity contribution in [2.75, 3.05) is 0 Å². The number of rotatable bonds is 2. The first-order valence-electron chi connectivity index (χ1n) is 4.20. The van der Waals surface area contributed by atoms with E-state index in [-0.39, 0.29) is 11.6 Å². The van der Waals surface area contributed by atoms with Crippen molar-refractivity contribution in [1.82, 2.24) is 0 Å². The van der Waals surface area contributed by atoms with E-state index in [1.54, 1.807) is 12.1 Å². The summed E-state index contributed by atoms with van der Waals surface area (Å²) in [7, 11) is 0. The molecule has 1 heterocycles. The lowest BCUT2D eigenvalue weighted by molar-refractivity contribution is 0.110. The molecule has 0 amide bonds. The Bertz CT molecular complexity index is 505. The maximum absolute atomic E-state index is 12.8. The molecule has 1 aromatic carbocycles. The van der Waals surface area contributed by atoms with Crippen LogP contribution in [0.5, 0.6) is 0 Å². The molecule has 15 heavy (non-hydrogen) atoms. The van der Waals surface area contributed by atoms with Crippen molar-refractivity contribution in [1.29, 1.82) is 0 Å². The van der Waals surface area contributed by atoms with Crippen LogP contribution in [0.1, 0.15) is 10.6 Å². The number of carbonyl (C=O) groups excluding carboxylic acids is 1. The third-order valence-electron chi connectivity index (χ3n) is 2.02. The van der Waals surface area contributed by atoms with Gasteiger partial charge >= 0.3 is 0 Å². The first-order chi connectivity index (χ1) is 7.22. The van der Waals surface area contributed by atoms with Crippen molar-refractivity contribution < 1.29 is 13.6 Å². The van der Waals surface area contributed by atoms with E-state index < -0.39 is 0 Å². The predicted molar refractivity (Wildman–Crippen MR) is 57.2 cm³/mol. The van der Waals surface area contributed by atoms with Crippen LogP contribution in [0.15, 0.2) is 39.4 Å². The fourth-order valence-corrected chi connectivity index (χ4v) is 1.91. The lowest BCUT2D eigenvalue weighted by atomic mass is 10.1. The van der Waals surface area contributed by atoms with Crippen LogP contribution in [-0.4, -0.2) is 6.29 Å². The van der Waals surface area contributed by atoms with E-state index in [0.717, 1.165) is 5.56 Å². The molecule has 2 rings (SSSR count). The highest BCUT2D eigenvalue weighted by Gasteiger charge is 2.11. The highest BCUT2D eigenvalue weighted by Crippen LogP contribution is 2.31. The molecule has 0 fully saturated rings. The molecular weight excluding hydrogens is 263 g/mol. The van der Waals surface area contributed by atoms with Crippen molar-refractivity contribution in [3.05, 3.63) is 46.6 Å². The Balaban J connectivity index is 2.59. The Labute approximate surface area is 93.8 Å². The summed E-state index contributed by atoms with van der Waals surface area (Å²) in [6.45, 7) is 0. The Morgan fingerprint density at radius 3 is 2.73 bits per heavy atom. The second kappa shape index (κ2) is 3.98. The Kier molecular flexibility index (Phi) is 2.68. The summed E-state index contributed by atoms with van der Waals surface area (Å²) in [5.74, 6) is -0.0934. The lowest BCUT2D eigenvalue weighted by Crippen LogP contribution is -1.84. The number of aldehydes is 1. The predicted octanol–water partition coefficient (Wildman–Crippen LogP) is 3.66. The van der Waals surface area contributed by atoms with Crippen molar-refractivity contribution in [3.63, 3.8) is 0 Å². The molecule has 0 saturated carbocycles. The summed E-state index contributed by atoms with van der Waals surface area (Å²) in [5.41, 5.74) is 1.38. The van der Waals surface area contributed by atoms with Gasteiger partial charge in [-0.25, -0.2) is 4.39 Å². The molecule has 0 bridgehead atoms. The third kappa shape index (κ3) is 1.85. The van der Waals surface area contributed by atoms with Gasteiger partial charge in [0.05, 0.1) is 6.26 Å². The zero-order valence-corrected chi connectivity index (χ0v) is 9.12. The highest BCUT2D eigenvalue weighted by atomic mass is 79.9. The Morgan fingerprint density at radius 1 is 1.27 bits per heavy atom. The van der Waals surface area contributed by atoms with Crippen LogP contribution < -0.4 is 0 Å². The number of hydrogen-bond acceptors (Lipinski definition) is 2. The Morgan fingerprint density at radius 2 is 2.07 bits per heavy atom. The van der Waals surface area contributed by atoms with Gasteiger partial charge in [-0.3, -0.25) is 4.79 Å². The van der Waals surface area contributed by atoms with Crippen LogP contribution in [0, 0.1) is 5.82 Å². The minimum atomic E-state index is -0.332. The maximum atomic E-state index is 12.8. The largest absolute Gasteiger partial charge is 0.461 e. The zero-order valence-electron chi connectivity index (χ0n) is 7.54. The molecule has 2 nitrogen and oxygen atoms in total. The summed E-state index contributed by atoms with van der Waals surface area (Å²) < 4.78 is 18.4. The molecule has 0 aliphatic rings. The Hall–Kier alpha value is -1.42. The summed E-state index contributed by atoms with van der Waals surface area (Å²) >= 11 is 3.23. The standard InChI is InChI=1S/C11H6BrFO2/c12-10-5-7(13)1-2-8(10)9-3-4-15-11(9)6-14/h1-6H. The highest BCUT2D eigenvalue weighted by molar-refractivity contribution is 9.10. The molecule has 2 aromatic rings. The van der Waals surface area contributed by atoms with Crippen LogP contribution in [0.3, 0.4) is 0 Å². The average molecular weight is 269 g/mol. The van der Waals surface area contributed by atoms with E-state index in [1.165, 1.54) is 18.4 Å². The van der Waals surface area contributed by atoms with Gasteiger partial charge in [0.15, 0.2) is 12.0 Å². The first kappa shape index (κ1) is 10.1. The summed E-state index contributed by atoms with van der Waals surface area (Å²) in [5, 5.41) is 0. The van der Waals surface area contributed by atoms with E-state index >= 15 is 0 Å². The molecule has 0 N–H and O–H groups in total. The van der Waals surface area contributed by atoms with Gasteiger partial charge in [-0.1, -0.05) is 22.0 Å². The van der Waals surface area contributed by atoms with Gasteiger partial charge in [0.25, 0.3) is 0 Å². The molecule has 0 aliphatic heterocycles. The van der Waals surface area contributed by atoms with Crippen molar-refractivity contribution >= 4 is 22.2 Å². The zero-order chi connectivity index (χ0) is 10.8. The quantitative estimate of drug-likeness (QED) is 0.779. The van der Waals surface area contributed by atoms with Gasteiger partial charge in [0.2, 0.25) is 0 Å². The fraction of sp³-hybridized carbons (Fsp3) is 0. The molecule has 0 aliphatic carbocycles. The number of hydrogen-bond donors (Lipinski definition) is 0. The average Bonchev–Trinajstić information content (AvgIpc) is 2.65. The van der Waals surface area contributed by atoms with Crippen molar-refractivity contribution in [2.45, 2.75) is 0 Å². The molecular formula is C11H6BrFO2. The second-order valence-corrected chi connectivity index (χ2v) is 3.79.